The zero-order valence-corrected chi connectivity index (χ0v) is 16.3. The summed E-state index contributed by atoms with van der Waals surface area (Å²) >= 11 is 1.62. The van der Waals surface area contributed by atoms with Crippen LogP contribution in [0.3, 0.4) is 0 Å². The van der Waals surface area contributed by atoms with E-state index in [-0.39, 0.29) is 0 Å². The lowest BCUT2D eigenvalue weighted by Crippen LogP contribution is -2.36. The summed E-state index contributed by atoms with van der Waals surface area (Å²) in [5, 5.41) is 0.915. The second-order valence-corrected chi connectivity index (χ2v) is 8.62. The molecule has 0 N–H and O–H groups in total. The van der Waals surface area contributed by atoms with Crippen LogP contribution in [-0.4, -0.2) is 48.5 Å². The summed E-state index contributed by atoms with van der Waals surface area (Å²) in [5.74, 6) is 0.818. The van der Waals surface area contributed by atoms with E-state index in [2.05, 4.69) is 16.0 Å². The van der Waals surface area contributed by atoms with Crippen LogP contribution in [0, 0.1) is 0 Å². The number of alkyl halides is 2. The number of anilines is 2. The molecule has 7 heteroatoms. The third kappa shape index (κ3) is 3.43. The summed E-state index contributed by atoms with van der Waals surface area (Å²) in [6.45, 7) is 2.51. The molecule has 28 heavy (non-hydrogen) atoms. The van der Waals surface area contributed by atoms with Crippen molar-refractivity contribution in [2.45, 2.75) is 31.6 Å². The molecule has 1 aromatic carbocycles. The van der Waals surface area contributed by atoms with E-state index in [0.29, 0.717) is 32.5 Å². The largest absolute Gasteiger partial charge is 0.369 e. The lowest BCUT2D eigenvalue weighted by molar-refractivity contribution is 0.287. The summed E-state index contributed by atoms with van der Waals surface area (Å²) < 4.78 is 28.2. The first-order valence-corrected chi connectivity index (χ1v) is 10.6. The molecule has 0 unspecified atom stereocenters. The van der Waals surface area contributed by atoms with Crippen molar-refractivity contribution < 1.29 is 8.78 Å². The van der Waals surface area contributed by atoms with E-state index in [1.807, 2.05) is 35.4 Å². The van der Waals surface area contributed by atoms with Crippen LogP contribution in [0.1, 0.15) is 19.3 Å². The van der Waals surface area contributed by atoms with Crippen LogP contribution in [0.25, 0.3) is 20.8 Å². The molecule has 0 amide bonds. The Kier molecular flexibility index (Phi) is 4.62. The molecule has 4 nitrogen and oxygen atoms in total. The van der Waals surface area contributed by atoms with Gasteiger partial charge < -0.3 is 9.80 Å². The summed E-state index contributed by atoms with van der Waals surface area (Å²) in [4.78, 5) is 13.4. The zero-order chi connectivity index (χ0) is 19.1. The molecule has 3 aromatic rings. The highest BCUT2D eigenvalue weighted by molar-refractivity contribution is 7.21. The number of fused-ring (bicyclic) bond motifs is 1. The molecule has 2 atom stereocenters. The maximum atomic E-state index is 13.7. The van der Waals surface area contributed by atoms with E-state index >= 15 is 0 Å². The molecular weight excluding hydrogens is 378 g/mol. The Bertz CT molecular complexity index is 974. The van der Waals surface area contributed by atoms with Gasteiger partial charge >= 0.3 is 0 Å². The van der Waals surface area contributed by atoms with Crippen molar-refractivity contribution in [2.24, 2.45) is 0 Å². The number of benzene rings is 1. The molecule has 2 aliphatic heterocycles. The number of nitrogens with zero attached hydrogens (tertiary/aromatic N) is 4. The van der Waals surface area contributed by atoms with Gasteiger partial charge in [-0.3, -0.25) is 0 Å². The molecular formula is C21H22F2N4S. The van der Waals surface area contributed by atoms with E-state index in [4.69, 9.17) is 4.98 Å². The van der Waals surface area contributed by atoms with Crippen molar-refractivity contribution in [3.05, 3.63) is 36.5 Å². The van der Waals surface area contributed by atoms with Gasteiger partial charge in [0.15, 0.2) is 0 Å². The third-order valence-electron chi connectivity index (χ3n) is 5.55. The molecule has 2 fully saturated rings. The fraction of sp³-hybridized carbons (Fsp3) is 0.429. The van der Waals surface area contributed by atoms with Gasteiger partial charge in [0.1, 0.15) is 23.2 Å². The normalized spacial score (nSPS) is 22.9. The van der Waals surface area contributed by atoms with Crippen molar-refractivity contribution in [1.29, 1.82) is 0 Å². The number of pyridine rings is 1. The van der Waals surface area contributed by atoms with Gasteiger partial charge in [0, 0.05) is 37.1 Å². The van der Waals surface area contributed by atoms with Crippen LogP contribution in [0.2, 0.25) is 0 Å². The minimum absolute atomic E-state index is 0.423. The van der Waals surface area contributed by atoms with Crippen molar-refractivity contribution in [1.82, 2.24) is 9.97 Å². The minimum Gasteiger partial charge on any atom is -0.369 e. The number of thiazole rings is 1. The Morgan fingerprint density at radius 1 is 0.964 bits per heavy atom. The van der Waals surface area contributed by atoms with E-state index < -0.39 is 12.3 Å². The highest BCUT2D eigenvalue weighted by Crippen LogP contribution is 2.34. The summed E-state index contributed by atoms with van der Waals surface area (Å²) in [7, 11) is 0. The van der Waals surface area contributed by atoms with Crippen LogP contribution < -0.4 is 9.80 Å². The van der Waals surface area contributed by atoms with Crippen molar-refractivity contribution in [3.8, 4) is 10.6 Å². The maximum absolute atomic E-state index is 13.7. The fourth-order valence-electron chi connectivity index (χ4n) is 4.02. The summed E-state index contributed by atoms with van der Waals surface area (Å²) in [5.41, 5.74) is 2.97. The number of hydrogen-bond acceptors (Lipinski definition) is 5. The predicted molar refractivity (Wildman–Crippen MR) is 111 cm³/mol. The average Bonchev–Trinajstić information content (AvgIpc) is 3.34. The molecule has 0 saturated carbocycles. The summed E-state index contributed by atoms with van der Waals surface area (Å²) in [6.07, 6.45) is 2.45. The number of rotatable bonds is 3. The quantitative estimate of drug-likeness (QED) is 0.629. The van der Waals surface area contributed by atoms with Gasteiger partial charge in [0.05, 0.1) is 16.8 Å². The Morgan fingerprint density at radius 3 is 2.57 bits per heavy atom. The molecule has 2 aliphatic rings. The SMILES string of the molecule is F[C@@H]1CCCN(c2ccc3nc(-c4ccc(N5CC[C@@H](F)C5)nc4)sc3c2)C1. The van der Waals surface area contributed by atoms with Crippen LogP contribution >= 0.6 is 11.3 Å². The second kappa shape index (κ2) is 7.28. The van der Waals surface area contributed by atoms with E-state index in [1.165, 1.54) is 0 Å². The monoisotopic (exact) mass is 400 g/mol. The van der Waals surface area contributed by atoms with Crippen LogP contribution in [0.15, 0.2) is 36.5 Å². The van der Waals surface area contributed by atoms with Crippen molar-refractivity contribution in [2.75, 3.05) is 36.0 Å². The molecule has 146 valence electrons. The van der Waals surface area contributed by atoms with Gasteiger partial charge in [-0.15, -0.1) is 11.3 Å². The summed E-state index contributed by atoms with van der Waals surface area (Å²) in [6, 6.07) is 10.1. The highest BCUT2D eigenvalue weighted by Gasteiger charge is 2.23. The van der Waals surface area contributed by atoms with Gasteiger partial charge in [-0.2, -0.15) is 0 Å². The minimum atomic E-state index is -0.757. The van der Waals surface area contributed by atoms with Crippen LogP contribution in [0.4, 0.5) is 20.3 Å². The number of hydrogen-bond donors (Lipinski definition) is 0. The highest BCUT2D eigenvalue weighted by atomic mass is 32.1. The molecule has 0 bridgehead atoms. The van der Waals surface area contributed by atoms with Gasteiger partial charge in [-0.25, -0.2) is 18.7 Å². The average molecular weight is 400 g/mol. The molecule has 4 heterocycles. The lowest BCUT2D eigenvalue weighted by atomic mass is 10.1. The first kappa shape index (κ1) is 17.8. The first-order chi connectivity index (χ1) is 13.7. The van der Waals surface area contributed by atoms with Crippen LogP contribution in [-0.2, 0) is 0 Å². The molecule has 0 spiro atoms. The molecule has 5 rings (SSSR count). The standard InChI is InChI=1S/C21H22F2N4S/c22-15-2-1-8-26(12-15)17-4-5-18-19(10-17)28-21(25-18)14-3-6-20(24-11-14)27-9-7-16(23)13-27/h3-6,10-11,15-16H,1-2,7-9,12-13H2/t15-,16-/m1/s1. The van der Waals surface area contributed by atoms with Crippen molar-refractivity contribution >= 4 is 33.1 Å². The van der Waals surface area contributed by atoms with Crippen LogP contribution in [0.5, 0.6) is 0 Å². The zero-order valence-electron chi connectivity index (χ0n) is 15.5. The Morgan fingerprint density at radius 2 is 1.82 bits per heavy atom. The van der Waals surface area contributed by atoms with Gasteiger partial charge in [0.2, 0.25) is 0 Å². The molecule has 2 saturated heterocycles. The maximum Gasteiger partial charge on any atom is 0.128 e. The Balaban J connectivity index is 1.39. The molecule has 0 aliphatic carbocycles. The van der Waals surface area contributed by atoms with Crippen molar-refractivity contribution in [3.63, 3.8) is 0 Å². The number of aromatic nitrogens is 2. The second-order valence-electron chi connectivity index (χ2n) is 7.59. The smallest absolute Gasteiger partial charge is 0.128 e. The van der Waals surface area contributed by atoms with Gasteiger partial charge in [-0.1, -0.05) is 0 Å². The Hall–Kier alpha value is -2.28. The predicted octanol–water partition coefficient (Wildman–Crippen LogP) is 4.84. The van der Waals surface area contributed by atoms with E-state index in [0.717, 1.165) is 45.3 Å². The fourth-order valence-corrected chi connectivity index (χ4v) is 5.01. The Labute approximate surface area is 166 Å². The number of halogens is 2. The lowest BCUT2D eigenvalue weighted by Gasteiger charge is -2.30. The van der Waals surface area contributed by atoms with Gasteiger partial charge in [0.25, 0.3) is 0 Å². The molecule has 0 radical (unpaired) electrons. The third-order valence-corrected chi connectivity index (χ3v) is 6.62. The van der Waals surface area contributed by atoms with E-state index in [9.17, 15) is 8.78 Å². The number of piperidine rings is 1. The van der Waals surface area contributed by atoms with E-state index in [1.54, 1.807) is 11.3 Å². The first-order valence-electron chi connectivity index (χ1n) is 9.81. The van der Waals surface area contributed by atoms with Gasteiger partial charge in [-0.05, 0) is 49.6 Å². The molecule has 2 aromatic heterocycles. The topological polar surface area (TPSA) is 32.3 Å².